The van der Waals surface area contributed by atoms with Crippen LogP contribution in [0.4, 0.5) is 10.7 Å². The summed E-state index contributed by atoms with van der Waals surface area (Å²) < 4.78 is 5.14. The first-order valence-corrected chi connectivity index (χ1v) is 18.7. The molecule has 1 aliphatic carbocycles. The molecule has 6 rings (SSSR count). The van der Waals surface area contributed by atoms with Crippen LogP contribution in [0, 0.1) is 6.92 Å². The predicted molar refractivity (Wildman–Crippen MR) is 209 cm³/mol. The summed E-state index contributed by atoms with van der Waals surface area (Å²) in [5.74, 6) is -1.26. The molecule has 52 heavy (non-hydrogen) atoms. The number of anilines is 2. The Morgan fingerprint density at radius 2 is 1.62 bits per heavy atom. The van der Waals surface area contributed by atoms with Crippen LogP contribution in [0.5, 0.6) is 0 Å². The van der Waals surface area contributed by atoms with Gasteiger partial charge < -0.3 is 20.7 Å². The van der Waals surface area contributed by atoms with Crippen LogP contribution in [0.15, 0.2) is 120 Å². The number of methoxy groups -OCH3 is 1. The number of hydrogen-bond acceptors (Lipinski definition) is 7. The monoisotopic (exact) mass is 729 g/mol. The lowest BCUT2D eigenvalue weighted by atomic mass is 9.83. The van der Waals surface area contributed by atoms with Gasteiger partial charge in [-0.25, -0.2) is 4.79 Å². The number of rotatable bonds is 11. The van der Waals surface area contributed by atoms with Crippen molar-refractivity contribution in [2.75, 3.05) is 17.7 Å². The Morgan fingerprint density at radius 3 is 2.35 bits per heavy atom. The first kappa shape index (κ1) is 36.3. The minimum Gasteiger partial charge on any atom is -0.465 e. The zero-order valence-corrected chi connectivity index (χ0v) is 30.7. The highest BCUT2D eigenvalue weighted by atomic mass is 32.2. The van der Waals surface area contributed by atoms with Crippen LogP contribution in [-0.2, 0) is 27.2 Å². The molecule has 3 N–H and O–H groups in total. The molecule has 0 saturated carbocycles. The van der Waals surface area contributed by atoms with E-state index in [2.05, 4.69) is 28.1 Å². The molecule has 1 heterocycles. The van der Waals surface area contributed by atoms with Gasteiger partial charge in [0.2, 0.25) is 5.91 Å². The average molecular weight is 730 g/mol. The fraction of sp³-hybridized carbons (Fsp3) is 0.190. The first-order chi connectivity index (χ1) is 25.2. The lowest BCUT2D eigenvalue weighted by molar-refractivity contribution is -0.115. The topological polar surface area (TPSA) is 114 Å². The van der Waals surface area contributed by atoms with Crippen molar-refractivity contribution in [3.05, 3.63) is 153 Å². The molecule has 0 aliphatic heterocycles. The fourth-order valence-electron chi connectivity index (χ4n) is 6.19. The van der Waals surface area contributed by atoms with Gasteiger partial charge >= 0.3 is 5.97 Å². The molecular weight excluding hydrogens is 691 g/mol. The zero-order valence-electron chi connectivity index (χ0n) is 29.1. The van der Waals surface area contributed by atoms with Gasteiger partial charge in [-0.05, 0) is 92.1 Å². The predicted octanol–water partition coefficient (Wildman–Crippen LogP) is 8.64. The molecule has 3 amide bonds. The van der Waals surface area contributed by atoms with Crippen molar-refractivity contribution in [3.8, 4) is 0 Å². The van der Waals surface area contributed by atoms with Crippen LogP contribution in [0.1, 0.15) is 67.1 Å². The molecule has 0 fully saturated rings. The van der Waals surface area contributed by atoms with E-state index < -0.39 is 23.0 Å². The highest BCUT2D eigenvalue weighted by Gasteiger charge is 2.31. The second-order valence-corrected chi connectivity index (χ2v) is 15.1. The number of amides is 3. The molecule has 0 saturated heterocycles. The number of aryl methyl sites for hydroxylation is 1. The Bertz CT molecular complexity index is 2130. The zero-order chi connectivity index (χ0) is 36.6. The molecule has 1 aromatic heterocycles. The Labute approximate surface area is 311 Å². The maximum atomic E-state index is 13.6. The van der Waals surface area contributed by atoms with Gasteiger partial charge in [-0.15, -0.1) is 23.1 Å². The van der Waals surface area contributed by atoms with E-state index in [-0.39, 0.29) is 11.6 Å². The quantitative estimate of drug-likeness (QED) is 0.0713. The Morgan fingerprint density at radius 1 is 0.885 bits per heavy atom. The van der Waals surface area contributed by atoms with E-state index in [1.165, 1.54) is 35.8 Å². The second-order valence-electron chi connectivity index (χ2n) is 12.6. The average Bonchev–Trinajstić information content (AvgIpc) is 3.52. The number of thiophene rings is 1. The van der Waals surface area contributed by atoms with Gasteiger partial charge in [0, 0.05) is 21.0 Å². The highest BCUT2D eigenvalue weighted by molar-refractivity contribution is 8.00. The van der Waals surface area contributed by atoms with Gasteiger partial charge in [0.05, 0.1) is 17.9 Å². The summed E-state index contributed by atoms with van der Waals surface area (Å²) >= 11 is 2.77. The second kappa shape index (κ2) is 16.7. The number of fused-ring (bicyclic) bond motifs is 1. The van der Waals surface area contributed by atoms with Crippen molar-refractivity contribution < 1.29 is 23.9 Å². The van der Waals surface area contributed by atoms with E-state index in [9.17, 15) is 19.2 Å². The first-order valence-electron chi connectivity index (χ1n) is 17.0. The number of thioether (sulfide) groups is 1. The number of benzene rings is 4. The van der Waals surface area contributed by atoms with Crippen molar-refractivity contribution in [1.29, 1.82) is 0 Å². The van der Waals surface area contributed by atoms with Crippen LogP contribution in [0.2, 0.25) is 0 Å². The number of hydrogen-bond donors (Lipinski definition) is 3. The molecule has 4 aromatic carbocycles. The van der Waals surface area contributed by atoms with E-state index in [1.54, 1.807) is 55.5 Å². The van der Waals surface area contributed by atoms with Crippen molar-refractivity contribution >= 4 is 63.6 Å². The summed E-state index contributed by atoms with van der Waals surface area (Å²) in [5, 5.41) is 8.67. The van der Waals surface area contributed by atoms with Crippen LogP contribution < -0.4 is 16.0 Å². The van der Waals surface area contributed by atoms with E-state index in [1.807, 2.05) is 61.5 Å². The van der Waals surface area contributed by atoms with E-state index in [4.69, 9.17) is 4.74 Å². The molecule has 2 atom stereocenters. The van der Waals surface area contributed by atoms with Crippen molar-refractivity contribution in [2.24, 2.45) is 0 Å². The van der Waals surface area contributed by atoms with Crippen LogP contribution in [0.3, 0.4) is 0 Å². The highest BCUT2D eigenvalue weighted by Crippen LogP contribution is 2.43. The number of ether oxygens (including phenoxy) is 1. The molecule has 8 nitrogen and oxygen atoms in total. The SMILES string of the molecule is COC(=O)c1c(NC(=O)C(C)Sc2cccc(NC(=O)/C(=C\c3cccc(C)c3)NC(=O)c3ccccc3)c2)sc2c1CCC(c1ccccc1)C2. The van der Waals surface area contributed by atoms with Crippen LogP contribution >= 0.6 is 23.1 Å². The standard InChI is InChI=1S/C42H39N3O5S2/c1-26-12-10-13-28(22-26)23-35(44-39(47)30-16-8-5-9-17-30)40(48)43-32-18-11-19-33(25-32)51-27(2)38(46)45-41-37(42(49)50-3)34-21-20-31(24-36(34)52-41)29-14-6-4-7-15-29/h4-19,22-23,25,27,31H,20-21,24H2,1-3H3,(H,43,48)(H,44,47)(H,45,46)/b35-23+. The van der Waals surface area contributed by atoms with Crippen molar-refractivity contribution in [3.63, 3.8) is 0 Å². The summed E-state index contributed by atoms with van der Waals surface area (Å²) in [4.78, 5) is 55.0. The summed E-state index contributed by atoms with van der Waals surface area (Å²) in [6.07, 6.45) is 4.07. The molecule has 10 heteroatoms. The maximum absolute atomic E-state index is 13.6. The largest absolute Gasteiger partial charge is 0.465 e. The summed E-state index contributed by atoms with van der Waals surface area (Å²) in [5.41, 5.74) is 5.46. The van der Waals surface area contributed by atoms with Gasteiger partial charge in [-0.1, -0.05) is 84.4 Å². The Balaban J connectivity index is 1.15. The summed E-state index contributed by atoms with van der Waals surface area (Å²) in [6.45, 7) is 3.75. The van der Waals surface area contributed by atoms with Crippen LogP contribution in [-0.4, -0.2) is 36.1 Å². The third-order valence-electron chi connectivity index (χ3n) is 8.82. The molecule has 5 aromatic rings. The molecule has 0 radical (unpaired) electrons. The fourth-order valence-corrected chi connectivity index (χ4v) is 8.43. The molecule has 264 valence electrons. The number of esters is 1. The van der Waals surface area contributed by atoms with Gasteiger partial charge in [0.1, 0.15) is 10.7 Å². The van der Waals surface area contributed by atoms with Gasteiger partial charge in [-0.3, -0.25) is 14.4 Å². The number of nitrogens with one attached hydrogen (secondary N) is 3. The minimum absolute atomic E-state index is 0.0837. The summed E-state index contributed by atoms with van der Waals surface area (Å²) in [7, 11) is 1.36. The molecule has 0 bridgehead atoms. The van der Waals surface area contributed by atoms with Gasteiger partial charge in [0.15, 0.2) is 0 Å². The third kappa shape index (κ3) is 8.88. The molecular formula is C42H39N3O5S2. The maximum Gasteiger partial charge on any atom is 0.341 e. The van der Waals surface area contributed by atoms with E-state index >= 15 is 0 Å². The van der Waals surface area contributed by atoms with Crippen molar-refractivity contribution in [1.82, 2.24) is 5.32 Å². The van der Waals surface area contributed by atoms with Gasteiger partial charge in [0.25, 0.3) is 11.8 Å². The molecule has 0 spiro atoms. The summed E-state index contributed by atoms with van der Waals surface area (Å²) in [6, 6.07) is 33.9. The Kier molecular flexibility index (Phi) is 11.7. The number of carbonyl (C=O) groups excluding carboxylic acids is 4. The molecule has 1 aliphatic rings. The van der Waals surface area contributed by atoms with E-state index in [0.29, 0.717) is 27.7 Å². The molecule has 2 unspecified atom stereocenters. The smallest absolute Gasteiger partial charge is 0.341 e. The normalized spacial score (nSPS) is 14.4. The van der Waals surface area contributed by atoms with Crippen LogP contribution in [0.25, 0.3) is 6.08 Å². The minimum atomic E-state index is -0.533. The third-order valence-corrected chi connectivity index (χ3v) is 11.1. The Hall–Kier alpha value is -5.45. The lowest BCUT2D eigenvalue weighted by Gasteiger charge is -2.22. The lowest BCUT2D eigenvalue weighted by Crippen LogP contribution is -2.30. The van der Waals surface area contributed by atoms with Gasteiger partial charge in [-0.2, -0.15) is 0 Å². The van der Waals surface area contributed by atoms with E-state index in [0.717, 1.165) is 45.7 Å². The van der Waals surface area contributed by atoms with Crippen molar-refractivity contribution in [2.45, 2.75) is 49.2 Å². The number of carbonyl (C=O) groups is 4.